The zero-order valence-electron chi connectivity index (χ0n) is 18.8. The van der Waals surface area contributed by atoms with Crippen LogP contribution in [-0.2, 0) is 4.79 Å². The molecule has 2 fully saturated rings. The maximum atomic E-state index is 13.2. The fraction of sp³-hybridized carbons (Fsp3) is 0.680. The van der Waals surface area contributed by atoms with Crippen molar-refractivity contribution in [3.8, 4) is 0 Å². The maximum absolute atomic E-state index is 13.2. The molecule has 1 aromatic rings. The lowest BCUT2D eigenvalue weighted by Gasteiger charge is -2.26. The van der Waals surface area contributed by atoms with Crippen molar-refractivity contribution in [2.24, 2.45) is 5.92 Å². The Morgan fingerprint density at radius 1 is 1.07 bits per heavy atom. The summed E-state index contributed by atoms with van der Waals surface area (Å²) in [6.07, 6.45) is 12.0. The van der Waals surface area contributed by atoms with Gasteiger partial charge in [0.25, 0.3) is 5.91 Å². The molecule has 2 N–H and O–H groups in total. The molecule has 1 aliphatic heterocycles. The molecule has 1 saturated heterocycles. The minimum Gasteiger partial charge on any atom is -0.371 e. The monoisotopic (exact) mass is 413 g/mol. The van der Waals surface area contributed by atoms with Gasteiger partial charge in [0, 0.05) is 36.4 Å². The Morgan fingerprint density at radius 2 is 1.80 bits per heavy atom. The van der Waals surface area contributed by atoms with Crippen molar-refractivity contribution in [1.29, 1.82) is 0 Å². The van der Waals surface area contributed by atoms with Crippen molar-refractivity contribution in [1.82, 2.24) is 5.32 Å². The summed E-state index contributed by atoms with van der Waals surface area (Å²) in [5.41, 5.74) is 2.42. The lowest BCUT2D eigenvalue weighted by molar-refractivity contribution is -0.120. The third kappa shape index (κ3) is 5.99. The minimum absolute atomic E-state index is 0.00192. The van der Waals surface area contributed by atoms with Crippen LogP contribution in [0.15, 0.2) is 18.2 Å². The van der Waals surface area contributed by atoms with Crippen molar-refractivity contribution < 1.29 is 9.59 Å². The summed E-state index contributed by atoms with van der Waals surface area (Å²) < 4.78 is 0. The van der Waals surface area contributed by atoms with Gasteiger partial charge in [-0.05, 0) is 56.7 Å². The van der Waals surface area contributed by atoms with Crippen LogP contribution in [0.5, 0.6) is 0 Å². The predicted molar refractivity (Wildman–Crippen MR) is 124 cm³/mol. The van der Waals surface area contributed by atoms with Crippen LogP contribution in [0.3, 0.4) is 0 Å². The van der Waals surface area contributed by atoms with Crippen molar-refractivity contribution in [2.75, 3.05) is 23.3 Å². The van der Waals surface area contributed by atoms with Crippen LogP contribution in [0.2, 0.25) is 0 Å². The first-order valence-electron chi connectivity index (χ1n) is 12.1. The van der Waals surface area contributed by atoms with Gasteiger partial charge < -0.3 is 15.5 Å². The lowest BCUT2D eigenvalue weighted by Crippen LogP contribution is -2.37. The number of rotatable bonds is 9. The maximum Gasteiger partial charge on any atom is 0.253 e. The number of nitrogens with one attached hydrogen (secondary N) is 2. The van der Waals surface area contributed by atoms with Gasteiger partial charge in [-0.1, -0.05) is 46.0 Å². The minimum atomic E-state index is -0.00192. The van der Waals surface area contributed by atoms with Gasteiger partial charge in [-0.2, -0.15) is 0 Å². The molecule has 166 valence electrons. The van der Waals surface area contributed by atoms with Gasteiger partial charge in [-0.3, -0.25) is 9.59 Å². The molecule has 30 heavy (non-hydrogen) atoms. The van der Waals surface area contributed by atoms with E-state index in [1.54, 1.807) is 0 Å². The molecule has 1 heterocycles. The molecule has 0 spiro atoms. The molecule has 1 aliphatic carbocycles. The smallest absolute Gasteiger partial charge is 0.253 e. The Balaban J connectivity index is 1.77. The fourth-order valence-corrected chi connectivity index (χ4v) is 4.75. The zero-order chi connectivity index (χ0) is 21.3. The van der Waals surface area contributed by atoms with Crippen LogP contribution in [-0.4, -0.2) is 30.9 Å². The van der Waals surface area contributed by atoms with Crippen LogP contribution >= 0.6 is 0 Å². The first kappa shape index (κ1) is 22.6. The molecule has 0 radical (unpaired) electrons. The standard InChI is InChI=1S/C25H39N3O2/c1-3-5-11-19(4-2)24(29)27-21-14-15-23(28-16-9-10-17-28)22(18-21)25(30)26-20-12-7-6-8-13-20/h14-15,18-20H,3-13,16-17H2,1-2H3,(H,26,30)(H,27,29). The van der Waals surface area contributed by atoms with E-state index in [4.69, 9.17) is 0 Å². The van der Waals surface area contributed by atoms with E-state index >= 15 is 0 Å². The number of unbranched alkanes of at least 4 members (excludes halogenated alkanes) is 1. The predicted octanol–water partition coefficient (Wildman–Crippen LogP) is 5.50. The molecule has 5 heteroatoms. The first-order valence-corrected chi connectivity index (χ1v) is 12.1. The zero-order valence-corrected chi connectivity index (χ0v) is 18.8. The van der Waals surface area contributed by atoms with E-state index < -0.39 is 0 Å². The summed E-state index contributed by atoms with van der Waals surface area (Å²) in [4.78, 5) is 28.3. The Kier molecular flexibility index (Phi) is 8.59. The third-order valence-corrected chi connectivity index (χ3v) is 6.67. The van der Waals surface area contributed by atoms with Crippen molar-refractivity contribution >= 4 is 23.2 Å². The second kappa shape index (κ2) is 11.4. The number of anilines is 2. The van der Waals surface area contributed by atoms with Crippen LogP contribution in [0.1, 0.15) is 94.8 Å². The summed E-state index contributed by atoms with van der Waals surface area (Å²) in [5.74, 6) is 0.0964. The topological polar surface area (TPSA) is 61.4 Å². The number of carbonyl (C=O) groups excluding carboxylic acids is 2. The van der Waals surface area contributed by atoms with E-state index in [1.807, 2.05) is 18.2 Å². The highest BCUT2D eigenvalue weighted by Crippen LogP contribution is 2.29. The first-order chi connectivity index (χ1) is 14.6. The van der Waals surface area contributed by atoms with Crippen molar-refractivity contribution in [3.05, 3.63) is 23.8 Å². The molecule has 1 atom stereocenters. The molecule has 1 unspecified atom stereocenters. The molecule has 1 aromatic carbocycles. The fourth-order valence-electron chi connectivity index (χ4n) is 4.75. The number of hydrogen-bond acceptors (Lipinski definition) is 3. The largest absolute Gasteiger partial charge is 0.371 e. The second-order valence-corrected chi connectivity index (χ2v) is 8.97. The van der Waals surface area contributed by atoms with Gasteiger partial charge >= 0.3 is 0 Å². The molecule has 0 aromatic heterocycles. The number of benzene rings is 1. The van der Waals surface area contributed by atoms with Gasteiger partial charge in [-0.15, -0.1) is 0 Å². The number of amides is 2. The highest BCUT2D eigenvalue weighted by molar-refractivity contribution is 6.02. The Hall–Kier alpha value is -2.04. The molecule has 1 saturated carbocycles. The van der Waals surface area contributed by atoms with Crippen molar-refractivity contribution in [2.45, 2.75) is 90.5 Å². The Bertz CT molecular complexity index is 706. The van der Waals surface area contributed by atoms with Crippen LogP contribution in [0.4, 0.5) is 11.4 Å². The lowest BCUT2D eigenvalue weighted by atomic mass is 9.95. The molecule has 5 nitrogen and oxygen atoms in total. The Labute approximate surface area is 182 Å². The average Bonchev–Trinajstić information content (AvgIpc) is 3.29. The van der Waals surface area contributed by atoms with Gasteiger partial charge in [-0.25, -0.2) is 0 Å². The highest BCUT2D eigenvalue weighted by Gasteiger charge is 2.24. The molecular formula is C25H39N3O2. The summed E-state index contributed by atoms with van der Waals surface area (Å²) in [6, 6.07) is 6.13. The van der Waals surface area contributed by atoms with Gasteiger partial charge in [0.1, 0.15) is 0 Å². The van der Waals surface area contributed by atoms with Gasteiger partial charge in [0.05, 0.1) is 5.56 Å². The summed E-state index contributed by atoms with van der Waals surface area (Å²) in [5, 5.41) is 6.34. The molecule has 3 rings (SSSR count). The van der Waals surface area contributed by atoms with E-state index in [9.17, 15) is 9.59 Å². The molecule has 2 amide bonds. The average molecular weight is 414 g/mol. The van der Waals surface area contributed by atoms with E-state index in [0.29, 0.717) is 5.56 Å². The number of hydrogen-bond donors (Lipinski definition) is 2. The second-order valence-electron chi connectivity index (χ2n) is 8.97. The van der Waals surface area contributed by atoms with E-state index in [-0.39, 0.29) is 23.8 Å². The van der Waals surface area contributed by atoms with Gasteiger partial charge in [0.2, 0.25) is 5.91 Å². The summed E-state index contributed by atoms with van der Waals surface area (Å²) in [6.45, 7) is 6.20. The quantitative estimate of drug-likeness (QED) is 0.561. The summed E-state index contributed by atoms with van der Waals surface area (Å²) >= 11 is 0. The van der Waals surface area contributed by atoms with E-state index in [0.717, 1.165) is 75.8 Å². The van der Waals surface area contributed by atoms with Crippen molar-refractivity contribution in [3.63, 3.8) is 0 Å². The Morgan fingerprint density at radius 3 is 2.47 bits per heavy atom. The number of nitrogens with zero attached hydrogens (tertiary/aromatic N) is 1. The highest BCUT2D eigenvalue weighted by atomic mass is 16.2. The summed E-state index contributed by atoms with van der Waals surface area (Å²) in [7, 11) is 0. The van der Waals surface area contributed by atoms with Crippen LogP contribution in [0, 0.1) is 5.92 Å². The van der Waals surface area contributed by atoms with Gasteiger partial charge in [0.15, 0.2) is 0 Å². The van der Waals surface area contributed by atoms with Crippen LogP contribution < -0.4 is 15.5 Å². The van der Waals surface area contributed by atoms with Crippen LogP contribution in [0.25, 0.3) is 0 Å². The number of carbonyl (C=O) groups is 2. The molecule has 2 aliphatic rings. The van der Waals surface area contributed by atoms with E-state index in [1.165, 1.54) is 19.3 Å². The third-order valence-electron chi connectivity index (χ3n) is 6.67. The SMILES string of the molecule is CCCCC(CC)C(=O)Nc1ccc(N2CCCC2)c(C(=O)NC2CCCCC2)c1. The molecule has 0 bridgehead atoms. The normalized spacial score (nSPS) is 18.3. The van der Waals surface area contributed by atoms with E-state index in [2.05, 4.69) is 29.4 Å². The molecular weight excluding hydrogens is 374 g/mol.